The standard InChI is InChI=1S/C10H12BrNOS/c1-13-9-8(11)6-7-4-2-3-5-14-10(7)12-9/h6H,2-5H2,1H3. The van der Waals surface area contributed by atoms with Crippen LogP contribution in [0.15, 0.2) is 15.6 Å². The first-order valence-electron chi connectivity index (χ1n) is 4.67. The predicted octanol–water partition coefficient (Wildman–Crippen LogP) is 3.28. The lowest BCUT2D eigenvalue weighted by atomic mass is 10.1. The fraction of sp³-hybridized carbons (Fsp3) is 0.500. The monoisotopic (exact) mass is 273 g/mol. The van der Waals surface area contributed by atoms with E-state index in [1.165, 1.54) is 24.2 Å². The molecule has 0 saturated heterocycles. The van der Waals surface area contributed by atoms with Crippen LogP contribution in [0.2, 0.25) is 0 Å². The van der Waals surface area contributed by atoms with E-state index in [0.29, 0.717) is 5.88 Å². The third kappa shape index (κ3) is 2.06. The summed E-state index contributed by atoms with van der Waals surface area (Å²) in [4.78, 5) is 4.49. The molecular weight excluding hydrogens is 262 g/mol. The van der Waals surface area contributed by atoms with Crippen LogP contribution in [0.5, 0.6) is 5.88 Å². The van der Waals surface area contributed by atoms with Gasteiger partial charge in [0.25, 0.3) is 0 Å². The Balaban J connectivity index is 2.41. The molecule has 0 aliphatic carbocycles. The van der Waals surface area contributed by atoms with Gasteiger partial charge in [0.2, 0.25) is 5.88 Å². The van der Waals surface area contributed by atoms with Crippen LogP contribution in [0, 0.1) is 0 Å². The Bertz CT molecular complexity index is 343. The van der Waals surface area contributed by atoms with Crippen molar-refractivity contribution in [2.75, 3.05) is 12.9 Å². The minimum atomic E-state index is 0.693. The van der Waals surface area contributed by atoms with Crippen LogP contribution in [0.25, 0.3) is 0 Å². The van der Waals surface area contributed by atoms with E-state index in [1.54, 1.807) is 7.11 Å². The number of ether oxygens (including phenoxy) is 1. The molecule has 1 aliphatic rings. The lowest BCUT2D eigenvalue weighted by Crippen LogP contribution is -1.95. The predicted molar refractivity (Wildman–Crippen MR) is 62.2 cm³/mol. The molecule has 0 fully saturated rings. The second kappa shape index (κ2) is 4.53. The number of pyridine rings is 1. The van der Waals surface area contributed by atoms with Gasteiger partial charge in [-0.2, -0.15) is 0 Å². The zero-order valence-corrected chi connectivity index (χ0v) is 10.4. The van der Waals surface area contributed by atoms with Crippen LogP contribution in [-0.4, -0.2) is 17.8 Å². The van der Waals surface area contributed by atoms with Crippen LogP contribution >= 0.6 is 27.7 Å². The van der Waals surface area contributed by atoms with Crippen molar-refractivity contribution in [1.82, 2.24) is 4.98 Å². The Morgan fingerprint density at radius 1 is 1.50 bits per heavy atom. The number of nitrogens with zero attached hydrogens (tertiary/aromatic N) is 1. The zero-order valence-electron chi connectivity index (χ0n) is 8.05. The molecule has 14 heavy (non-hydrogen) atoms. The molecular formula is C10H12BrNOS. The van der Waals surface area contributed by atoms with E-state index in [1.807, 2.05) is 11.8 Å². The number of thioether (sulfide) groups is 1. The zero-order chi connectivity index (χ0) is 9.97. The van der Waals surface area contributed by atoms with E-state index in [2.05, 4.69) is 27.0 Å². The summed E-state index contributed by atoms with van der Waals surface area (Å²) in [5.74, 6) is 1.86. The number of rotatable bonds is 1. The van der Waals surface area contributed by atoms with Crippen LogP contribution in [0.4, 0.5) is 0 Å². The van der Waals surface area contributed by atoms with Gasteiger partial charge in [-0.25, -0.2) is 4.98 Å². The molecule has 0 saturated carbocycles. The van der Waals surface area contributed by atoms with Gasteiger partial charge >= 0.3 is 0 Å². The number of aryl methyl sites for hydroxylation is 1. The summed E-state index contributed by atoms with van der Waals surface area (Å²) in [6.07, 6.45) is 3.68. The highest BCUT2D eigenvalue weighted by molar-refractivity contribution is 9.10. The fourth-order valence-corrected chi connectivity index (χ4v) is 3.09. The molecule has 0 unspecified atom stereocenters. The molecule has 0 N–H and O–H groups in total. The lowest BCUT2D eigenvalue weighted by molar-refractivity contribution is 0.391. The summed E-state index contributed by atoms with van der Waals surface area (Å²) in [6.45, 7) is 0. The average molecular weight is 274 g/mol. The number of hydrogen-bond acceptors (Lipinski definition) is 3. The smallest absolute Gasteiger partial charge is 0.228 e. The average Bonchev–Trinajstić information content (AvgIpc) is 2.41. The summed E-state index contributed by atoms with van der Waals surface area (Å²) < 4.78 is 6.14. The van der Waals surface area contributed by atoms with Gasteiger partial charge in [-0.15, -0.1) is 11.8 Å². The molecule has 2 heterocycles. The van der Waals surface area contributed by atoms with Crippen LogP contribution in [0.1, 0.15) is 18.4 Å². The first-order chi connectivity index (χ1) is 6.81. The van der Waals surface area contributed by atoms with E-state index in [0.717, 1.165) is 15.9 Å². The van der Waals surface area contributed by atoms with E-state index < -0.39 is 0 Å². The first kappa shape index (κ1) is 10.3. The lowest BCUT2D eigenvalue weighted by Gasteiger charge is -2.08. The highest BCUT2D eigenvalue weighted by Gasteiger charge is 2.13. The van der Waals surface area contributed by atoms with Crippen molar-refractivity contribution in [2.24, 2.45) is 0 Å². The fourth-order valence-electron chi connectivity index (χ4n) is 1.53. The van der Waals surface area contributed by atoms with Crippen LogP contribution < -0.4 is 4.74 Å². The number of fused-ring (bicyclic) bond motifs is 1. The normalized spacial score (nSPS) is 15.9. The second-order valence-corrected chi connectivity index (χ2v) is 5.19. The summed E-state index contributed by atoms with van der Waals surface area (Å²) in [7, 11) is 1.65. The van der Waals surface area contributed by atoms with E-state index >= 15 is 0 Å². The molecule has 0 atom stereocenters. The first-order valence-corrected chi connectivity index (χ1v) is 6.45. The Kier molecular flexibility index (Phi) is 3.34. The van der Waals surface area contributed by atoms with Gasteiger partial charge in [-0.05, 0) is 52.6 Å². The minimum absolute atomic E-state index is 0.693. The van der Waals surface area contributed by atoms with Crippen molar-refractivity contribution in [3.63, 3.8) is 0 Å². The summed E-state index contributed by atoms with van der Waals surface area (Å²) in [6, 6.07) is 2.14. The van der Waals surface area contributed by atoms with E-state index in [-0.39, 0.29) is 0 Å². The van der Waals surface area contributed by atoms with Crippen molar-refractivity contribution in [1.29, 1.82) is 0 Å². The molecule has 0 bridgehead atoms. The number of methoxy groups -OCH3 is 1. The Morgan fingerprint density at radius 2 is 2.36 bits per heavy atom. The van der Waals surface area contributed by atoms with E-state index in [9.17, 15) is 0 Å². The molecule has 0 aromatic carbocycles. The summed E-state index contributed by atoms with van der Waals surface area (Å²) in [5.41, 5.74) is 1.35. The molecule has 2 nitrogen and oxygen atoms in total. The van der Waals surface area contributed by atoms with Gasteiger partial charge in [0.15, 0.2) is 0 Å². The maximum absolute atomic E-state index is 5.18. The van der Waals surface area contributed by atoms with Gasteiger partial charge < -0.3 is 4.74 Å². The van der Waals surface area contributed by atoms with Gasteiger partial charge in [-0.3, -0.25) is 0 Å². The molecule has 2 rings (SSSR count). The Hall–Kier alpha value is -0.220. The highest BCUT2D eigenvalue weighted by atomic mass is 79.9. The maximum atomic E-state index is 5.18. The van der Waals surface area contributed by atoms with Crippen molar-refractivity contribution in [3.05, 3.63) is 16.1 Å². The number of halogens is 1. The maximum Gasteiger partial charge on any atom is 0.228 e. The molecule has 0 spiro atoms. The largest absolute Gasteiger partial charge is 0.480 e. The summed E-state index contributed by atoms with van der Waals surface area (Å²) in [5, 5.41) is 1.14. The van der Waals surface area contributed by atoms with E-state index in [4.69, 9.17) is 4.74 Å². The van der Waals surface area contributed by atoms with Gasteiger partial charge in [0, 0.05) is 0 Å². The van der Waals surface area contributed by atoms with Crippen LogP contribution in [0.3, 0.4) is 0 Å². The highest BCUT2D eigenvalue weighted by Crippen LogP contribution is 2.33. The van der Waals surface area contributed by atoms with Gasteiger partial charge in [0.1, 0.15) is 5.03 Å². The molecule has 1 aromatic rings. The third-order valence-corrected chi connectivity index (χ3v) is 3.94. The Labute approximate surface area is 96.6 Å². The molecule has 76 valence electrons. The molecule has 0 amide bonds. The summed E-state index contributed by atoms with van der Waals surface area (Å²) >= 11 is 5.30. The molecule has 1 aliphatic heterocycles. The van der Waals surface area contributed by atoms with Crippen molar-refractivity contribution >= 4 is 27.7 Å². The second-order valence-electron chi connectivity index (χ2n) is 3.25. The molecule has 1 aromatic heterocycles. The van der Waals surface area contributed by atoms with Crippen molar-refractivity contribution in [2.45, 2.75) is 24.3 Å². The topological polar surface area (TPSA) is 22.1 Å². The third-order valence-electron chi connectivity index (χ3n) is 2.26. The number of aromatic nitrogens is 1. The van der Waals surface area contributed by atoms with Gasteiger partial charge in [-0.1, -0.05) is 0 Å². The van der Waals surface area contributed by atoms with Crippen LogP contribution in [-0.2, 0) is 6.42 Å². The van der Waals surface area contributed by atoms with Crippen molar-refractivity contribution in [3.8, 4) is 5.88 Å². The van der Waals surface area contributed by atoms with Crippen molar-refractivity contribution < 1.29 is 4.74 Å². The molecule has 4 heteroatoms. The Morgan fingerprint density at radius 3 is 3.14 bits per heavy atom. The number of hydrogen-bond donors (Lipinski definition) is 0. The SMILES string of the molecule is COc1nc2c(cc1Br)CCCCS2. The minimum Gasteiger partial charge on any atom is -0.480 e. The van der Waals surface area contributed by atoms with Gasteiger partial charge in [0.05, 0.1) is 11.6 Å². The molecule has 0 radical (unpaired) electrons. The quantitative estimate of drug-likeness (QED) is 0.784.